The third-order valence-electron chi connectivity index (χ3n) is 5.93. The fourth-order valence-corrected chi connectivity index (χ4v) is 4.80. The average Bonchev–Trinajstić information content (AvgIpc) is 3.37. The first-order valence-electron chi connectivity index (χ1n) is 11.6. The topological polar surface area (TPSA) is 117 Å². The lowest BCUT2D eigenvalue weighted by Gasteiger charge is -2.25. The Labute approximate surface area is 205 Å². The first-order valence-corrected chi connectivity index (χ1v) is 12.0. The number of carbonyl (C=O) groups excluding carboxylic acids is 1. The number of amides is 1. The quantitative estimate of drug-likeness (QED) is 0.557. The Morgan fingerprint density at radius 1 is 1.21 bits per heavy atom. The largest absolute Gasteiger partial charge is 0.444 e. The molecule has 3 heterocycles. The van der Waals surface area contributed by atoms with Crippen LogP contribution in [0.4, 0.5) is 22.2 Å². The van der Waals surface area contributed by atoms with Crippen LogP contribution in [0.25, 0.3) is 0 Å². The van der Waals surface area contributed by atoms with Crippen LogP contribution in [0.3, 0.4) is 0 Å². The maximum atomic E-state index is 12.4. The minimum absolute atomic E-state index is 0.227. The van der Waals surface area contributed by atoms with Gasteiger partial charge in [0.1, 0.15) is 10.6 Å². The fourth-order valence-electron chi connectivity index (χ4n) is 4.66. The van der Waals surface area contributed by atoms with Crippen molar-refractivity contribution in [3.05, 3.63) is 23.6 Å². The van der Waals surface area contributed by atoms with Crippen LogP contribution in [-0.4, -0.2) is 66.2 Å². The molecule has 4 rings (SSSR count). The fraction of sp³-hybridized carbons (Fsp3) is 0.652. The van der Waals surface area contributed by atoms with Gasteiger partial charge in [-0.05, 0) is 59.3 Å². The van der Waals surface area contributed by atoms with E-state index in [9.17, 15) is 9.90 Å². The number of rotatable bonds is 6. The molecule has 0 spiro atoms. The summed E-state index contributed by atoms with van der Waals surface area (Å²) in [6, 6.07) is 0.227. The zero-order chi connectivity index (χ0) is 24.7. The number of anilines is 3. The number of hydrogen-bond acceptors (Lipinski definition) is 8. The van der Waals surface area contributed by atoms with Crippen LogP contribution in [0.15, 0.2) is 18.6 Å². The second-order valence-corrected chi connectivity index (χ2v) is 11.4. The predicted octanol–water partition coefficient (Wildman–Crippen LogP) is 3.90. The van der Waals surface area contributed by atoms with Crippen molar-refractivity contribution < 1.29 is 14.6 Å². The number of aliphatic hydroxyl groups is 1. The Hall–Kier alpha value is -2.59. The molecule has 1 aliphatic carbocycles. The van der Waals surface area contributed by atoms with Crippen molar-refractivity contribution in [1.29, 1.82) is 0 Å². The number of carbonyl (C=O) groups is 1. The number of hydrogen-bond donors (Lipinski definition) is 3. The van der Waals surface area contributed by atoms with Crippen LogP contribution in [-0.2, 0) is 11.3 Å². The monoisotopic (exact) mass is 491 g/mol. The number of aromatic nitrogens is 4. The van der Waals surface area contributed by atoms with Crippen molar-refractivity contribution in [3.8, 4) is 0 Å². The summed E-state index contributed by atoms with van der Waals surface area (Å²) in [5, 5.41) is 21.3. The van der Waals surface area contributed by atoms with Gasteiger partial charge < -0.3 is 25.4 Å². The third kappa shape index (κ3) is 6.29. The summed E-state index contributed by atoms with van der Waals surface area (Å²) in [5.41, 5.74) is -0.626. The number of likely N-dealkylation sites (tertiary alicyclic amines) is 1. The standard InChI is InChI=1S/C23H34ClN7O3/c1-22(2,3)34-21(32)30-10-14-6-16(7-15(14)11-30)27-19-18(24)9-25-20(29-19)28-17-8-26-31(12-17)13-23(4,5)33/h8-9,12,14-16,33H,6-7,10-11,13H2,1-5H3,(H2,25,27,28,29). The summed E-state index contributed by atoms with van der Waals surface area (Å²) in [4.78, 5) is 23.0. The third-order valence-corrected chi connectivity index (χ3v) is 6.20. The van der Waals surface area contributed by atoms with E-state index < -0.39 is 11.2 Å². The van der Waals surface area contributed by atoms with Crippen molar-refractivity contribution in [2.45, 2.75) is 71.2 Å². The molecule has 2 fully saturated rings. The van der Waals surface area contributed by atoms with Gasteiger partial charge in [-0.2, -0.15) is 10.1 Å². The van der Waals surface area contributed by atoms with Crippen molar-refractivity contribution >= 4 is 35.1 Å². The number of fused-ring (bicyclic) bond motifs is 1. The maximum absolute atomic E-state index is 12.4. The lowest BCUT2D eigenvalue weighted by atomic mass is 10.0. The van der Waals surface area contributed by atoms with E-state index in [1.165, 1.54) is 0 Å². The van der Waals surface area contributed by atoms with E-state index >= 15 is 0 Å². The van der Waals surface area contributed by atoms with Crippen molar-refractivity contribution in [2.24, 2.45) is 11.8 Å². The maximum Gasteiger partial charge on any atom is 0.410 e. The highest BCUT2D eigenvalue weighted by Crippen LogP contribution is 2.40. The van der Waals surface area contributed by atoms with E-state index in [0.29, 0.717) is 35.2 Å². The number of halogens is 1. The Bertz CT molecular complexity index is 1020. The summed E-state index contributed by atoms with van der Waals surface area (Å²) in [7, 11) is 0. The molecule has 34 heavy (non-hydrogen) atoms. The molecular weight excluding hydrogens is 458 g/mol. The van der Waals surface area contributed by atoms with Gasteiger partial charge >= 0.3 is 6.09 Å². The summed E-state index contributed by atoms with van der Waals surface area (Å²) >= 11 is 6.37. The van der Waals surface area contributed by atoms with Gasteiger partial charge in [-0.1, -0.05) is 11.6 Å². The van der Waals surface area contributed by atoms with E-state index in [-0.39, 0.29) is 12.1 Å². The normalized spacial score (nSPS) is 22.6. The Balaban J connectivity index is 1.33. The Morgan fingerprint density at radius 3 is 2.50 bits per heavy atom. The molecule has 2 aliphatic rings. The number of ether oxygens (including phenoxy) is 1. The van der Waals surface area contributed by atoms with Gasteiger partial charge in [-0.15, -0.1) is 0 Å². The minimum atomic E-state index is -0.860. The second-order valence-electron chi connectivity index (χ2n) is 11.0. The minimum Gasteiger partial charge on any atom is -0.444 e. The molecule has 186 valence electrons. The van der Waals surface area contributed by atoms with Gasteiger partial charge in [0.15, 0.2) is 5.82 Å². The van der Waals surface area contributed by atoms with E-state index in [4.69, 9.17) is 16.3 Å². The molecule has 10 nitrogen and oxygen atoms in total. The SMILES string of the molecule is CC(C)(O)Cn1cc(Nc2ncc(Cl)c(NC3CC4CN(C(=O)OC(C)(C)C)CC4C3)n2)cn1. The van der Waals surface area contributed by atoms with Gasteiger partial charge in [-0.3, -0.25) is 4.68 Å². The van der Waals surface area contributed by atoms with E-state index in [0.717, 1.165) is 31.6 Å². The predicted molar refractivity (Wildman–Crippen MR) is 130 cm³/mol. The molecule has 3 N–H and O–H groups in total. The second kappa shape index (κ2) is 9.22. The van der Waals surface area contributed by atoms with Crippen LogP contribution in [0.1, 0.15) is 47.5 Å². The molecule has 0 aromatic carbocycles. The Kier molecular flexibility index (Phi) is 6.65. The summed E-state index contributed by atoms with van der Waals surface area (Å²) < 4.78 is 7.19. The zero-order valence-corrected chi connectivity index (χ0v) is 21.1. The first-order chi connectivity index (χ1) is 15.8. The van der Waals surface area contributed by atoms with Gasteiger partial charge in [-0.25, -0.2) is 9.78 Å². The van der Waals surface area contributed by atoms with E-state index in [1.807, 2.05) is 25.7 Å². The van der Waals surface area contributed by atoms with Crippen molar-refractivity contribution in [2.75, 3.05) is 23.7 Å². The van der Waals surface area contributed by atoms with Crippen molar-refractivity contribution in [1.82, 2.24) is 24.6 Å². The van der Waals surface area contributed by atoms with Crippen LogP contribution in [0.2, 0.25) is 5.02 Å². The van der Waals surface area contributed by atoms with Crippen LogP contribution in [0.5, 0.6) is 0 Å². The summed E-state index contributed by atoms with van der Waals surface area (Å²) in [6.45, 7) is 10.9. The molecule has 11 heteroatoms. The van der Waals surface area contributed by atoms with Crippen molar-refractivity contribution in [3.63, 3.8) is 0 Å². The highest BCUT2D eigenvalue weighted by Gasteiger charge is 2.43. The summed E-state index contributed by atoms with van der Waals surface area (Å²) in [6.07, 6.45) is 6.67. The molecule has 0 bridgehead atoms. The highest BCUT2D eigenvalue weighted by molar-refractivity contribution is 6.32. The van der Waals surface area contributed by atoms with Gasteiger partial charge in [0.05, 0.1) is 30.2 Å². The van der Waals surface area contributed by atoms with E-state index in [1.54, 1.807) is 37.1 Å². The molecular formula is C23H34ClN7O3. The van der Waals surface area contributed by atoms with Crippen LogP contribution in [0, 0.1) is 11.8 Å². The molecule has 1 saturated heterocycles. The molecule has 2 unspecified atom stereocenters. The van der Waals surface area contributed by atoms with Gasteiger partial charge in [0, 0.05) is 25.3 Å². The zero-order valence-electron chi connectivity index (χ0n) is 20.4. The van der Waals surface area contributed by atoms with Crippen LogP contribution >= 0.6 is 11.6 Å². The molecule has 2 aromatic rings. The molecule has 0 radical (unpaired) electrons. The van der Waals surface area contributed by atoms with Gasteiger partial charge in [0.2, 0.25) is 5.95 Å². The Morgan fingerprint density at radius 2 is 1.88 bits per heavy atom. The number of nitrogens with one attached hydrogen (secondary N) is 2. The molecule has 2 atom stereocenters. The molecule has 1 aliphatic heterocycles. The lowest BCUT2D eigenvalue weighted by molar-refractivity contribution is 0.0279. The van der Waals surface area contributed by atoms with Gasteiger partial charge in [0.25, 0.3) is 0 Å². The lowest BCUT2D eigenvalue weighted by Crippen LogP contribution is -2.36. The smallest absolute Gasteiger partial charge is 0.410 e. The first kappa shape index (κ1) is 24.5. The highest BCUT2D eigenvalue weighted by atomic mass is 35.5. The average molecular weight is 492 g/mol. The summed E-state index contributed by atoms with van der Waals surface area (Å²) in [5.74, 6) is 1.86. The molecule has 1 amide bonds. The van der Waals surface area contributed by atoms with Crippen LogP contribution < -0.4 is 10.6 Å². The molecule has 2 aromatic heterocycles. The molecule has 1 saturated carbocycles. The number of nitrogens with zero attached hydrogens (tertiary/aromatic N) is 5. The van der Waals surface area contributed by atoms with E-state index in [2.05, 4.69) is 25.7 Å².